The summed E-state index contributed by atoms with van der Waals surface area (Å²) in [4.78, 5) is 11.1. The number of carbonyl (C=O) groups excluding carboxylic acids is 1. The summed E-state index contributed by atoms with van der Waals surface area (Å²) in [6, 6.07) is 3.33. The average Bonchev–Trinajstić information content (AvgIpc) is 2.25. The lowest BCUT2D eigenvalue weighted by atomic mass is 10.2. The minimum absolute atomic E-state index is 0.0295. The lowest BCUT2D eigenvalue weighted by Crippen LogP contribution is -2.21. The Morgan fingerprint density at radius 2 is 2.12 bits per heavy atom. The molecule has 1 N–H and O–H groups in total. The van der Waals surface area contributed by atoms with Crippen LogP contribution in [-0.4, -0.2) is 13.0 Å². The van der Waals surface area contributed by atoms with E-state index in [4.69, 9.17) is 27.9 Å². The zero-order valence-corrected chi connectivity index (χ0v) is 10.7. The summed E-state index contributed by atoms with van der Waals surface area (Å²) in [7, 11) is 1.53. The normalized spacial score (nSPS) is 10.0. The number of benzene rings is 1. The number of hydrogen-bond donors (Lipinski definition) is 1. The fraction of sp³-hybridized carbons (Fsp3) is 0.364. The molecule has 0 aliphatic carbocycles. The second-order valence-electron chi connectivity index (χ2n) is 3.21. The maximum Gasteiger partial charge on any atom is 0.219 e. The van der Waals surface area contributed by atoms with Crippen molar-refractivity contribution < 1.29 is 9.53 Å². The molecule has 88 valence electrons. The molecule has 0 heterocycles. The van der Waals surface area contributed by atoms with Crippen LogP contribution >= 0.6 is 23.2 Å². The topological polar surface area (TPSA) is 38.3 Å². The van der Waals surface area contributed by atoms with E-state index in [1.54, 1.807) is 19.1 Å². The molecule has 0 saturated carbocycles. The Morgan fingerprint density at radius 3 is 2.69 bits per heavy atom. The van der Waals surface area contributed by atoms with Gasteiger partial charge < -0.3 is 10.1 Å². The van der Waals surface area contributed by atoms with Crippen molar-refractivity contribution in [1.29, 1.82) is 0 Å². The molecule has 1 rings (SSSR count). The van der Waals surface area contributed by atoms with Gasteiger partial charge in [-0.15, -0.1) is 0 Å². The van der Waals surface area contributed by atoms with E-state index >= 15 is 0 Å². The average molecular weight is 262 g/mol. The second-order valence-corrected chi connectivity index (χ2v) is 4.05. The van der Waals surface area contributed by atoms with Crippen molar-refractivity contribution in [3.8, 4) is 5.75 Å². The van der Waals surface area contributed by atoms with Crippen LogP contribution in [0.4, 0.5) is 0 Å². The molecular weight excluding hydrogens is 249 g/mol. The highest BCUT2D eigenvalue weighted by Gasteiger charge is 2.10. The third-order valence-electron chi connectivity index (χ3n) is 2.09. The van der Waals surface area contributed by atoms with Gasteiger partial charge in [-0.3, -0.25) is 4.79 Å². The zero-order valence-electron chi connectivity index (χ0n) is 9.14. The van der Waals surface area contributed by atoms with Crippen LogP contribution in [0.5, 0.6) is 5.75 Å². The van der Waals surface area contributed by atoms with E-state index in [1.165, 1.54) is 7.11 Å². The molecule has 0 aliphatic rings. The Hall–Kier alpha value is -0.930. The predicted octanol–water partition coefficient (Wildman–Crippen LogP) is 3.03. The highest BCUT2D eigenvalue weighted by atomic mass is 35.5. The molecule has 3 nitrogen and oxygen atoms in total. The van der Waals surface area contributed by atoms with Crippen molar-refractivity contribution in [1.82, 2.24) is 5.32 Å². The first-order chi connectivity index (χ1) is 7.58. The van der Waals surface area contributed by atoms with Crippen molar-refractivity contribution in [2.45, 2.75) is 19.9 Å². The van der Waals surface area contributed by atoms with Crippen LogP contribution in [0.25, 0.3) is 0 Å². The van der Waals surface area contributed by atoms with Crippen molar-refractivity contribution in [2.24, 2.45) is 0 Å². The molecule has 5 heteroatoms. The van der Waals surface area contributed by atoms with Crippen molar-refractivity contribution in [2.75, 3.05) is 7.11 Å². The van der Waals surface area contributed by atoms with Crippen molar-refractivity contribution in [3.63, 3.8) is 0 Å². The lowest BCUT2D eigenvalue weighted by molar-refractivity contribution is -0.120. The van der Waals surface area contributed by atoms with Crippen LogP contribution in [0.2, 0.25) is 10.0 Å². The number of carbonyl (C=O) groups is 1. The van der Waals surface area contributed by atoms with E-state index in [0.29, 0.717) is 28.8 Å². The number of ether oxygens (including phenoxy) is 1. The fourth-order valence-electron chi connectivity index (χ4n) is 1.29. The molecule has 0 fully saturated rings. The van der Waals surface area contributed by atoms with Gasteiger partial charge in [-0.1, -0.05) is 30.1 Å². The summed E-state index contributed by atoms with van der Waals surface area (Å²) in [5, 5.41) is 3.70. The van der Waals surface area contributed by atoms with Gasteiger partial charge in [0.1, 0.15) is 5.75 Å². The summed E-state index contributed by atoms with van der Waals surface area (Å²) in [5.41, 5.74) is 0.766. The summed E-state index contributed by atoms with van der Waals surface area (Å²) in [6.07, 6.45) is 0.441. The predicted molar refractivity (Wildman–Crippen MR) is 65.2 cm³/mol. The number of methoxy groups -OCH3 is 1. The molecule has 0 aromatic heterocycles. The molecule has 0 saturated heterocycles. The quantitative estimate of drug-likeness (QED) is 0.905. The molecule has 0 unspecified atom stereocenters. The van der Waals surface area contributed by atoms with Crippen molar-refractivity contribution in [3.05, 3.63) is 27.7 Å². The maximum atomic E-state index is 11.1. The minimum Gasteiger partial charge on any atom is -0.495 e. The third-order valence-corrected chi connectivity index (χ3v) is 2.59. The molecule has 1 aromatic rings. The van der Waals surface area contributed by atoms with Crippen LogP contribution in [0.15, 0.2) is 12.1 Å². The Bertz CT molecular complexity index is 394. The fourth-order valence-corrected chi connectivity index (χ4v) is 1.91. The molecule has 0 spiro atoms. The van der Waals surface area contributed by atoms with Crippen LogP contribution in [0.3, 0.4) is 0 Å². The van der Waals surface area contributed by atoms with Gasteiger partial charge in [-0.05, 0) is 12.1 Å². The standard InChI is InChI=1S/C11H13Cl2NO2/c1-3-10(15)14-6-7-4-8(12)5-9(13)11(7)16-2/h4-5H,3,6H2,1-2H3,(H,14,15). The Labute approximate surface area is 105 Å². The van der Waals surface area contributed by atoms with Crippen LogP contribution < -0.4 is 10.1 Å². The monoisotopic (exact) mass is 261 g/mol. The van der Waals surface area contributed by atoms with Gasteiger partial charge in [0.2, 0.25) is 5.91 Å². The summed E-state index contributed by atoms with van der Waals surface area (Å²) < 4.78 is 5.16. The molecule has 16 heavy (non-hydrogen) atoms. The first-order valence-corrected chi connectivity index (χ1v) is 5.62. The second kappa shape index (κ2) is 5.97. The summed E-state index contributed by atoms with van der Waals surface area (Å²) in [5.74, 6) is 0.514. The van der Waals surface area contributed by atoms with E-state index < -0.39 is 0 Å². The van der Waals surface area contributed by atoms with E-state index in [-0.39, 0.29) is 5.91 Å². The number of hydrogen-bond acceptors (Lipinski definition) is 2. The van der Waals surface area contributed by atoms with Crippen LogP contribution in [-0.2, 0) is 11.3 Å². The molecule has 0 aliphatic heterocycles. The smallest absolute Gasteiger partial charge is 0.219 e. The Morgan fingerprint density at radius 1 is 1.44 bits per heavy atom. The van der Waals surface area contributed by atoms with E-state index in [1.807, 2.05) is 0 Å². The highest BCUT2D eigenvalue weighted by Crippen LogP contribution is 2.31. The Balaban J connectivity index is 2.89. The maximum absolute atomic E-state index is 11.1. The molecule has 0 atom stereocenters. The van der Waals surface area contributed by atoms with Crippen molar-refractivity contribution >= 4 is 29.1 Å². The van der Waals surface area contributed by atoms with Gasteiger partial charge in [-0.25, -0.2) is 0 Å². The SMILES string of the molecule is CCC(=O)NCc1cc(Cl)cc(Cl)c1OC. The number of halogens is 2. The first-order valence-electron chi connectivity index (χ1n) is 4.87. The first kappa shape index (κ1) is 13.1. The van der Waals surface area contributed by atoms with E-state index in [9.17, 15) is 4.79 Å². The lowest BCUT2D eigenvalue weighted by Gasteiger charge is -2.11. The number of amides is 1. The third kappa shape index (κ3) is 3.29. The number of rotatable bonds is 4. The van der Waals surface area contributed by atoms with Gasteiger partial charge >= 0.3 is 0 Å². The zero-order chi connectivity index (χ0) is 12.1. The van der Waals surface area contributed by atoms with E-state index in [2.05, 4.69) is 5.32 Å². The largest absolute Gasteiger partial charge is 0.495 e. The highest BCUT2D eigenvalue weighted by molar-refractivity contribution is 6.35. The van der Waals surface area contributed by atoms with Gasteiger partial charge in [0.25, 0.3) is 0 Å². The molecule has 1 amide bonds. The minimum atomic E-state index is -0.0295. The molecular formula is C11H13Cl2NO2. The summed E-state index contributed by atoms with van der Waals surface area (Å²) >= 11 is 11.8. The van der Waals surface area contributed by atoms with Gasteiger partial charge in [0, 0.05) is 23.6 Å². The van der Waals surface area contributed by atoms with E-state index in [0.717, 1.165) is 5.56 Å². The number of nitrogens with one attached hydrogen (secondary N) is 1. The Kier molecular flexibility index (Phi) is 4.90. The van der Waals surface area contributed by atoms with Crippen LogP contribution in [0, 0.1) is 0 Å². The molecule has 0 radical (unpaired) electrons. The summed E-state index contributed by atoms with van der Waals surface area (Å²) in [6.45, 7) is 2.15. The molecule has 0 bridgehead atoms. The van der Waals surface area contributed by atoms with Crippen LogP contribution in [0.1, 0.15) is 18.9 Å². The van der Waals surface area contributed by atoms with Gasteiger partial charge in [0.15, 0.2) is 0 Å². The molecule has 1 aromatic carbocycles. The van der Waals surface area contributed by atoms with Gasteiger partial charge in [0.05, 0.1) is 12.1 Å². The van der Waals surface area contributed by atoms with Gasteiger partial charge in [-0.2, -0.15) is 0 Å².